The molecule has 0 bridgehead atoms. The number of halogens is 1. The summed E-state index contributed by atoms with van der Waals surface area (Å²) in [6.07, 6.45) is 5.79. The van der Waals surface area contributed by atoms with Gasteiger partial charge in [0.2, 0.25) is 5.91 Å². The molecule has 1 saturated carbocycles. The summed E-state index contributed by atoms with van der Waals surface area (Å²) in [5.74, 6) is -0.0934. The Morgan fingerprint density at radius 2 is 2.12 bits per heavy atom. The number of benzene rings is 1. The van der Waals surface area contributed by atoms with E-state index in [9.17, 15) is 9.18 Å². The highest BCUT2D eigenvalue weighted by Gasteiger charge is 2.33. The van der Waals surface area contributed by atoms with Crippen LogP contribution >= 0.6 is 0 Å². The number of hydrogen-bond acceptors (Lipinski definition) is 5. The number of aryl methyl sites for hydroxylation is 1. The van der Waals surface area contributed by atoms with Crippen LogP contribution in [-0.2, 0) is 4.79 Å². The van der Waals surface area contributed by atoms with Gasteiger partial charge in [0.1, 0.15) is 11.5 Å². The maximum absolute atomic E-state index is 14.1. The minimum atomic E-state index is -0.459. The van der Waals surface area contributed by atoms with E-state index in [1.807, 2.05) is 0 Å². The minimum absolute atomic E-state index is 0.0988. The fraction of sp³-hybridized carbons (Fsp3) is 0.529. The molecule has 1 fully saturated rings. The number of rotatable bonds is 5. The number of aromatic nitrogens is 4. The highest BCUT2D eigenvalue weighted by molar-refractivity contribution is 5.91. The first-order valence-corrected chi connectivity index (χ1v) is 8.58. The Bertz CT molecular complexity index is 753. The van der Waals surface area contributed by atoms with Crippen LogP contribution in [0.4, 0.5) is 10.1 Å². The monoisotopic (exact) mass is 346 g/mol. The molecule has 1 aromatic heterocycles. The lowest BCUT2D eigenvalue weighted by molar-refractivity contribution is -0.118. The molecule has 1 aromatic carbocycles. The van der Waals surface area contributed by atoms with Crippen LogP contribution < -0.4 is 11.1 Å². The van der Waals surface area contributed by atoms with E-state index in [0.29, 0.717) is 24.5 Å². The van der Waals surface area contributed by atoms with Crippen molar-refractivity contribution in [2.24, 2.45) is 11.1 Å². The molecule has 1 aliphatic rings. The van der Waals surface area contributed by atoms with E-state index in [2.05, 4.69) is 20.8 Å². The fourth-order valence-corrected chi connectivity index (χ4v) is 3.51. The first-order valence-electron chi connectivity index (χ1n) is 8.58. The number of tetrazole rings is 1. The lowest BCUT2D eigenvalue weighted by Crippen LogP contribution is -2.36. The van der Waals surface area contributed by atoms with Gasteiger partial charge in [0.15, 0.2) is 5.82 Å². The molecule has 0 saturated heterocycles. The third-order valence-electron chi connectivity index (χ3n) is 4.97. The highest BCUT2D eigenvalue weighted by atomic mass is 19.1. The van der Waals surface area contributed by atoms with Crippen LogP contribution in [0.5, 0.6) is 0 Å². The maximum Gasteiger partial charge on any atom is 0.224 e. The summed E-state index contributed by atoms with van der Waals surface area (Å²) in [5.41, 5.74) is 6.55. The van der Waals surface area contributed by atoms with Crippen molar-refractivity contribution in [3.8, 4) is 5.69 Å². The van der Waals surface area contributed by atoms with Gasteiger partial charge in [0.25, 0.3) is 0 Å². The molecule has 8 heteroatoms. The summed E-state index contributed by atoms with van der Waals surface area (Å²) >= 11 is 0. The van der Waals surface area contributed by atoms with Crippen molar-refractivity contribution in [2.75, 3.05) is 11.9 Å². The van der Waals surface area contributed by atoms with Gasteiger partial charge in [-0.25, -0.2) is 4.39 Å². The van der Waals surface area contributed by atoms with E-state index < -0.39 is 5.82 Å². The second-order valence-corrected chi connectivity index (χ2v) is 6.79. The third-order valence-corrected chi connectivity index (χ3v) is 4.97. The number of amides is 1. The van der Waals surface area contributed by atoms with E-state index in [0.717, 1.165) is 25.7 Å². The maximum atomic E-state index is 14.1. The average Bonchev–Trinajstić information content (AvgIpc) is 3.03. The van der Waals surface area contributed by atoms with Crippen molar-refractivity contribution < 1.29 is 9.18 Å². The smallest absolute Gasteiger partial charge is 0.224 e. The Hall–Kier alpha value is -2.35. The van der Waals surface area contributed by atoms with Crippen LogP contribution in [0.3, 0.4) is 0 Å². The number of hydrogen-bond donors (Lipinski definition) is 2. The van der Waals surface area contributed by atoms with Gasteiger partial charge in [-0.2, -0.15) is 4.68 Å². The lowest BCUT2D eigenvalue weighted by Gasteiger charge is -2.35. The van der Waals surface area contributed by atoms with Crippen LogP contribution in [0.15, 0.2) is 18.2 Å². The topological polar surface area (TPSA) is 98.7 Å². The first-order chi connectivity index (χ1) is 12.0. The standard InChI is InChI=1S/C17H23FN6O/c1-12-21-22-23-24(12)15-9-13(5-6-14(15)18)20-16(25)10-17(11-19)7-3-2-4-8-17/h5-6,9H,2-4,7-8,10-11,19H2,1H3,(H,20,25). The van der Waals surface area contributed by atoms with Crippen molar-refractivity contribution in [1.29, 1.82) is 0 Å². The Kier molecular flexibility index (Phi) is 5.08. The Morgan fingerprint density at radius 3 is 2.76 bits per heavy atom. The summed E-state index contributed by atoms with van der Waals surface area (Å²) < 4.78 is 15.4. The van der Waals surface area contributed by atoms with Gasteiger partial charge < -0.3 is 11.1 Å². The van der Waals surface area contributed by atoms with E-state index in [4.69, 9.17) is 5.73 Å². The number of carbonyl (C=O) groups excluding carboxylic acids is 1. The third kappa shape index (κ3) is 3.84. The molecule has 3 N–H and O–H groups in total. The molecule has 0 radical (unpaired) electrons. The molecule has 2 aromatic rings. The molecule has 0 atom stereocenters. The Morgan fingerprint density at radius 1 is 1.36 bits per heavy atom. The van der Waals surface area contributed by atoms with Crippen molar-refractivity contribution >= 4 is 11.6 Å². The van der Waals surface area contributed by atoms with Gasteiger partial charge in [0, 0.05) is 12.1 Å². The lowest BCUT2D eigenvalue weighted by atomic mass is 9.71. The van der Waals surface area contributed by atoms with E-state index in [1.54, 1.807) is 6.92 Å². The number of carbonyl (C=O) groups is 1. The van der Waals surface area contributed by atoms with Gasteiger partial charge in [-0.1, -0.05) is 19.3 Å². The summed E-state index contributed by atoms with van der Waals surface area (Å²) in [6, 6.07) is 4.37. The molecular formula is C17H23FN6O. The summed E-state index contributed by atoms with van der Waals surface area (Å²) in [6.45, 7) is 2.19. The molecule has 0 unspecified atom stereocenters. The Balaban J connectivity index is 1.74. The quantitative estimate of drug-likeness (QED) is 0.866. The predicted octanol–water partition coefficient (Wildman–Crippen LogP) is 2.35. The molecule has 0 spiro atoms. The molecule has 134 valence electrons. The normalized spacial score (nSPS) is 16.6. The highest BCUT2D eigenvalue weighted by Crippen LogP contribution is 2.38. The van der Waals surface area contributed by atoms with Gasteiger partial charge in [-0.15, -0.1) is 5.10 Å². The number of anilines is 1. The zero-order chi connectivity index (χ0) is 17.9. The van der Waals surface area contributed by atoms with Crippen molar-refractivity contribution in [3.63, 3.8) is 0 Å². The summed E-state index contributed by atoms with van der Waals surface area (Å²) in [4.78, 5) is 12.5. The fourth-order valence-electron chi connectivity index (χ4n) is 3.51. The van der Waals surface area contributed by atoms with Gasteiger partial charge in [-0.05, 0) is 60.4 Å². The molecule has 25 heavy (non-hydrogen) atoms. The minimum Gasteiger partial charge on any atom is -0.330 e. The van der Waals surface area contributed by atoms with E-state index in [-0.39, 0.29) is 17.0 Å². The van der Waals surface area contributed by atoms with Crippen LogP contribution in [0.2, 0.25) is 0 Å². The van der Waals surface area contributed by atoms with Crippen LogP contribution in [-0.4, -0.2) is 32.7 Å². The molecule has 1 amide bonds. The molecule has 1 heterocycles. The Labute approximate surface area is 145 Å². The van der Waals surface area contributed by atoms with Crippen molar-refractivity contribution in [2.45, 2.75) is 45.4 Å². The second kappa shape index (κ2) is 7.26. The average molecular weight is 346 g/mol. The molecule has 1 aliphatic carbocycles. The van der Waals surface area contributed by atoms with Crippen molar-refractivity contribution in [1.82, 2.24) is 20.2 Å². The van der Waals surface area contributed by atoms with Gasteiger partial charge >= 0.3 is 0 Å². The van der Waals surface area contributed by atoms with Gasteiger partial charge in [0.05, 0.1) is 0 Å². The van der Waals surface area contributed by atoms with Crippen molar-refractivity contribution in [3.05, 3.63) is 29.8 Å². The number of nitrogens with zero attached hydrogens (tertiary/aromatic N) is 4. The summed E-state index contributed by atoms with van der Waals surface area (Å²) in [7, 11) is 0. The summed E-state index contributed by atoms with van der Waals surface area (Å²) in [5, 5.41) is 13.9. The molecular weight excluding hydrogens is 323 g/mol. The molecule has 3 rings (SSSR count). The number of nitrogens with one attached hydrogen (secondary N) is 1. The number of nitrogens with two attached hydrogens (primary N) is 1. The molecule has 0 aliphatic heterocycles. The SMILES string of the molecule is Cc1nnnn1-c1cc(NC(=O)CC2(CN)CCCCC2)ccc1F. The van der Waals surface area contributed by atoms with E-state index in [1.165, 1.54) is 29.3 Å². The second-order valence-electron chi connectivity index (χ2n) is 6.79. The van der Waals surface area contributed by atoms with Crippen LogP contribution in [0.1, 0.15) is 44.3 Å². The largest absolute Gasteiger partial charge is 0.330 e. The molecule has 7 nitrogen and oxygen atoms in total. The zero-order valence-corrected chi connectivity index (χ0v) is 14.3. The first kappa shape index (κ1) is 17.5. The van der Waals surface area contributed by atoms with Gasteiger partial charge in [-0.3, -0.25) is 4.79 Å². The van der Waals surface area contributed by atoms with Crippen LogP contribution in [0.25, 0.3) is 5.69 Å². The predicted molar refractivity (Wildman–Crippen MR) is 91.7 cm³/mol. The van der Waals surface area contributed by atoms with Crippen LogP contribution in [0, 0.1) is 18.2 Å². The van der Waals surface area contributed by atoms with E-state index >= 15 is 0 Å². The zero-order valence-electron chi connectivity index (χ0n) is 14.3.